The lowest BCUT2D eigenvalue weighted by Crippen LogP contribution is -2.20. The molecule has 0 saturated heterocycles. The molecule has 0 bridgehead atoms. The van der Waals surface area contributed by atoms with Crippen LogP contribution in [-0.2, 0) is 10.8 Å². The fraction of sp³-hybridized carbons (Fsp3) is 0.355. The average molecular weight is 443 g/mol. The van der Waals surface area contributed by atoms with Crippen molar-refractivity contribution in [1.29, 1.82) is 0 Å². The third-order valence-electron chi connectivity index (χ3n) is 6.08. The standard InChI is InChI=1S/C31H38O2/c1-21-19-25(30(3,4)5)28(26(20-21)31(6,7)8)33-29(32)22(2)27(23-15-11-9-12-16-23)24-17-13-10-14-18-24/h9-20,27,32H,1-8H3/b29-22-. The maximum Gasteiger partial charge on any atom is 0.282 e. The monoisotopic (exact) mass is 442 g/mol. The molecule has 3 rings (SSSR count). The van der Waals surface area contributed by atoms with Gasteiger partial charge in [-0.05, 0) is 35.8 Å². The second-order valence-corrected chi connectivity index (χ2v) is 11.0. The Hall–Kier alpha value is -3.00. The minimum absolute atomic E-state index is 0.0347. The van der Waals surface area contributed by atoms with Gasteiger partial charge < -0.3 is 9.84 Å². The van der Waals surface area contributed by atoms with E-state index < -0.39 is 0 Å². The molecule has 0 fully saturated rings. The van der Waals surface area contributed by atoms with Crippen LogP contribution in [0, 0.1) is 6.92 Å². The largest absolute Gasteiger partial charge is 0.481 e. The minimum Gasteiger partial charge on any atom is -0.481 e. The van der Waals surface area contributed by atoms with Crippen molar-refractivity contribution in [2.24, 2.45) is 0 Å². The number of benzene rings is 3. The third-order valence-corrected chi connectivity index (χ3v) is 6.08. The molecular formula is C31H38O2. The van der Waals surface area contributed by atoms with Crippen LogP contribution >= 0.6 is 0 Å². The molecular weight excluding hydrogens is 404 g/mol. The van der Waals surface area contributed by atoms with Crippen LogP contribution < -0.4 is 4.74 Å². The molecule has 0 aliphatic carbocycles. The fourth-order valence-corrected chi connectivity index (χ4v) is 4.28. The Kier molecular flexibility index (Phi) is 7.07. The number of hydrogen-bond acceptors (Lipinski definition) is 2. The number of hydrogen-bond donors (Lipinski definition) is 1. The topological polar surface area (TPSA) is 29.5 Å². The minimum atomic E-state index is -0.131. The van der Waals surface area contributed by atoms with Gasteiger partial charge in [-0.1, -0.05) is 120 Å². The highest BCUT2D eigenvalue weighted by atomic mass is 16.6. The zero-order valence-electron chi connectivity index (χ0n) is 21.4. The molecule has 0 aliphatic heterocycles. The van der Waals surface area contributed by atoms with Crippen molar-refractivity contribution in [2.75, 3.05) is 0 Å². The van der Waals surface area contributed by atoms with E-state index in [1.807, 2.05) is 43.3 Å². The molecule has 2 nitrogen and oxygen atoms in total. The van der Waals surface area contributed by atoms with Gasteiger partial charge in [-0.3, -0.25) is 0 Å². The van der Waals surface area contributed by atoms with Crippen LogP contribution in [0.1, 0.15) is 82.2 Å². The molecule has 0 atom stereocenters. The third kappa shape index (κ3) is 5.68. The molecule has 2 heteroatoms. The number of aliphatic hydroxyl groups excluding tert-OH is 1. The summed E-state index contributed by atoms with van der Waals surface area (Å²) in [4.78, 5) is 0. The van der Waals surface area contributed by atoms with E-state index in [2.05, 4.69) is 84.9 Å². The Bertz CT molecular complexity index is 1040. The van der Waals surface area contributed by atoms with E-state index in [4.69, 9.17) is 4.74 Å². The highest BCUT2D eigenvalue weighted by Gasteiger charge is 2.29. The summed E-state index contributed by atoms with van der Waals surface area (Å²) < 4.78 is 6.41. The van der Waals surface area contributed by atoms with Crippen LogP contribution in [0.15, 0.2) is 84.3 Å². The van der Waals surface area contributed by atoms with Crippen LogP contribution in [0.5, 0.6) is 5.75 Å². The predicted octanol–water partition coefficient (Wildman–Crippen LogP) is 8.59. The van der Waals surface area contributed by atoms with Crippen LogP contribution in [0.3, 0.4) is 0 Å². The Morgan fingerprint density at radius 3 is 1.48 bits per heavy atom. The van der Waals surface area contributed by atoms with Gasteiger partial charge in [0.05, 0.1) is 0 Å². The Labute approximate surface area is 200 Å². The normalized spacial score (nSPS) is 13.1. The Balaban J connectivity index is 2.18. The molecule has 3 aromatic rings. The lowest BCUT2D eigenvalue weighted by Gasteiger charge is -2.30. The van der Waals surface area contributed by atoms with E-state index in [9.17, 15) is 5.11 Å². The summed E-state index contributed by atoms with van der Waals surface area (Å²) in [5.41, 5.74) is 6.16. The quantitative estimate of drug-likeness (QED) is 0.401. The number of ether oxygens (including phenoxy) is 1. The first-order chi connectivity index (χ1) is 15.4. The van der Waals surface area contributed by atoms with Gasteiger partial charge >= 0.3 is 0 Å². The smallest absolute Gasteiger partial charge is 0.282 e. The fourth-order valence-electron chi connectivity index (χ4n) is 4.28. The highest BCUT2D eigenvalue weighted by Crippen LogP contribution is 2.42. The summed E-state index contributed by atoms with van der Waals surface area (Å²) in [6.45, 7) is 17.2. The molecule has 1 N–H and O–H groups in total. The van der Waals surface area contributed by atoms with Crippen LogP contribution in [0.4, 0.5) is 0 Å². The van der Waals surface area contributed by atoms with Crippen molar-refractivity contribution in [3.05, 3.63) is 112 Å². The summed E-state index contributed by atoms with van der Waals surface area (Å²) in [7, 11) is 0. The lowest BCUT2D eigenvalue weighted by molar-refractivity contribution is 0.194. The van der Waals surface area contributed by atoms with E-state index >= 15 is 0 Å². The summed E-state index contributed by atoms with van der Waals surface area (Å²) in [6.07, 6.45) is 0. The van der Waals surface area contributed by atoms with E-state index in [0.29, 0.717) is 0 Å². The van der Waals surface area contributed by atoms with Gasteiger partial charge in [0, 0.05) is 22.6 Å². The van der Waals surface area contributed by atoms with Gasteiger partial charge in [-0.25, -0.2) is 0 Å². The van der Waals surface area contributed by atoms with Gasteiger partial charge in [0.1, 0.15) is 5.75 Å². The molecule has 0 heterocycles. The van der Waals surface area contributed by atoms with Crippen molar-refractivity contribution in [3.8, 4) is 5.75 Å². The summed E-state index contributed by atoms with van der Waals surface area (Å²) in [6, 6.07) is 24.9. The second-order valence-electron chi connectivity index (χ2n) is 11.0. The molecule has 0 aromatic heterocycles. The van der Waals surface area contributed by atoms with E-state index in [0.717, 1.165) is 33.6 Å². The first-order valence-corrected chi connectivity index (χ1v) is 11.7. The summed E-state index contributed by atoms with van der Waals surface area (Å²) >= 11 is 0. The predicted molar refractivity (Wildman–Crippen MR) is 139 cm³/mol. The zero-order chi connectivity index (χ0) is 24.4. The maximum absolute atomic E-state index is 11.4. The van der Waals surface area contributed by atoms with Crippen molar-refractivity contribution >= 4 is 0 Å². The summed E-state index contributed by atoms with van der Waals surface area (Å²) in [5, 5.41) is 11.4. The van der Waals surface area contributed by atoms with E-state index in [-0.39, 0.29) is 22.7 Å². The second kappa shape index (κ2) is 9.47. The molecule has 33 heavy (non-hydrogen) atoms. The molecule has 0 saturated carbocycles. The molecule has 0 radical (unpaired) electrons. The van der Waals surface area contributed by atoms with Gasteiger partial charge in [0.25, 0.3) is 5.95 Å². The Morgan fingerprint density at radius 2 is 1.12 bits per heavy atom. The van der Waals surface area contributed by atoms with Crippen LogP contribution in [0.2, 0.25) is 0 Å². The van der Waals surface area contributed by atoms with Gasteiger partial charge in [0.2, 0.25) is 0 Å². The zero-order valence-corrected chi connectivity index (χ0v) is 21.4. The number of aryl methyl sites for hydroxylation is 1. The maximum atomic E-state index is 11.4. The van der Waals surface area contributed by atoms with Crippen LogP contribution in [0.25, 0.3) is 0 Å². The Morgan fingerprint density at radius 1 is 0.727 bits per heavy atom. The van der Waals surface area contributed by atoms with Crippen molar-refractivity contribution in [1.82, 2.24) is 0 Å². The SMILES string of the molecule is C/C(=C(\O)Oc1c(C(C)(C)C)cc(C)cc1C(C)(C)C)C(c1ccccc1)c1ccccc1. The lowest BCUT2D eigenvalue weighted by atomic mass is 9.78. The first-order valence-electron chi connectivity index (χ1n) is 11.7. The van der Waals surface area contributed by atoms with Gasteiger partial charge in [0.15, 0.2) is 0 Å². The molecule has 0 amide bonds. The van der Waals surface area contributed by atoms with E-state index in [1.165, 1.54) is 5.56 Å². The van der Waals surface area contributed by atoms with Crippen molar-refractivity contribution in [3.63, 3.8) is 0 Å². The van der Waals surface area contributed by atoms with Crippen LogP contribution in [-0.4, -0.2) is 5.11 Å². The average Bonchev–Trinajstić information content (AvgIpc) is 2.74. The molecule has 0 aliphatic rings. The number of aliphatic hydroxyl groups is 1. The molecule has 0 unspecified atom stereocenters. The molecule has 174 valence electrons. The highest BCUT2D eigenvalue weighted by molar-refractivity contribution is 5.51. The first kappa shape index (κ1) is 24.6. The summed E-state index contributed by atoms with van der Waals surface area (Å²) in [5.74, 6) is 0.624. The van der Waals surface area contributed by atoms with Gasteiger partial charge in [-0.15, -0.1) is 0 Å². The number of rotatable bonds is 5. The van der Waals surface area contributed by atoms with E-state index in [1.54, 1.807) is 0 Å². The molecule has 0 spiro atoms. The molecule has 3 aromatic carbocycles. The van der Waals surface area contributed by atoms with Gasteiger partial charge in [-0.2, -0.15) is 0 Å². The number of allylic oxidation sites excluding steroid dienone is 1. The van der Waals surface area contributed by atoms with Crippen molar-refractivity contribution in [2.45, 2.75) is 72.1 Å². The van der Waals surface area contributed by atoms with Crippen molar-refractivity contribution < 1.29 is 9.84 Å².